The third-order valence-corrected chi connectivity index (χ3v) is 4.51. The Balaban J connectivity index is 1.85. The lowest BCUT2D eigenvalue weighted by atomic mass is 9.89. The fourth-order valence-corrected chi connectivity index (χ4v) is 3.11. The minimum absolute atomic E-state index is 0.184. The van der Waals surface area contributed by atoms with Crippen molar-refractivity contribution in [3.63, 3.8) is 0 Å². The van der Waals surface area contributed by atoms with Gasteiger partial charge in [-0.1, -0.05) is 57.9 Å². The lowest BCUT2D eigenvalue weighted by molar-refractivity contribution is -0.118. The predicted octanol–water partition coefficient (Wildman–Crippen LogP) is 5.52. The summed E-state index contributed by atoms with van der Waals surface area (Å²) in [7, 11) is 0. The maximum Gasteiger partial charge on any atom is 0.231 e. The van der Waals surface area contributed by atoms with Crippen molar-refractivity contribution in [2.75, 3.05) is 11.4 Å². The Kier molecular flexibility index (Phi) is 6.04. The number of rotatable bonds is 6. The molecule has 1 amide bonds. The van der Waals surface area contributed by atoms with Crippen LogP contribution in [-0.2, 0) is 11.2 Å². The fourth-order valence-electron chi connectivity index (χ4n) is 3.11. The maximum atomic E-state index is 12.2. The number of aryl methyl sites for hydroxylation is 1. The summed E-state index contributed by atoms with van der Waals surface area (Å²) < 4.78 is 0. The van der Waals surface area contributed by atoms with Crippen molar-refractivity contribution in [1.29, 1.82) is 0 Å². The quantitative estimate of drug-likeness (QED) is 0.500. The fraction of sp³-hybridized carbons (Fsp3) is 0.571. The number of carbonyl (C=O) groups excluding carboxylic acids is 1. The standard InChI is InChI=1S/C21H31NO/c1-17-12-14-22(20(23)15-17)19-11-8-10-18(16-19)9-6-5-7-13-21(2,3)4/h8,10-11,16H,1,5-7,9,12-15H2,2-4H3. The molecule has 0 atom stereocenters. The van der Waals surface area contributed by atoms with E-state index in [2.05, 4.69) is 51.6 Å². The van der Waals surface area contributed by atoms with Gasteiger partial charge in [0.2, 0.25) is 5.91 Å². The molecule has 0 spiro atoms. The van der Waals surface area contributed by atoms with Gasteiger partial charge in [-0.3, -0.25) is 4.79 Å². The van der Waals surface area contributed by atoms with Crippen molar-refractivity contribution in [2.45, 2.75) is 65.7 Å². The Morgan fingerprint density at radius 2 is 1.96 bits per heavy atom. The van der Waals surface area contributed by atoms with Gasteiger partial charge in [0.1, 0.15) is 0 Å². The van der Waals surface area contributed by atoms with E-state index in [1.54, 1.807) is 0 Å². The van der Waals surface area contributed by atoms with E-state index in [9.17, 15) is 4.79 Å². The van der Waals surface area contributed by atoms with E-state index in [0.29, 0.717) is 11.8 Å². The topological polar surface area (TPSA) is 20.3 Å². The Morgan fingerprint density at radius 1 is 1.17 bits per heavy atom. The van der Waals surface area contributed by atoms with Gasteiger partial charge < -0.3 is 4.90 Å². The smallest absolute Gasteiger partial charge is 0.231 e. The molecule has 0 bridgehead atoms. The molecule has 1 heterocycles. The molecule has 0 N–H and O–H groups in total. The summed E-state index contributed by atoms with van der Waals surface area (Å²) in [5.74, 6) is 0.184. The van der Waals surface area contributed by atoms with Crippen LogP contribution in [0.2, 0.25) is 0 Å². The second-order valence-electron chi connectivity index (χ2n) is 8.01. The molecule has 1 aromatic carbocycles. The van der Waals surface area contributed by atoms with Crippen molar-refractivity contribution in [3.05, 3.63) is 42.0 Å². The maximum absolute atomic E-state index is 12.2. The van der Waals surface area contributed by atoms with Gasteiger partial charge in [-0.15, -0.1) is 0 Å². The number of hydrogen-bond acceptors (Lipinski definition) is 1. The molecular formula is C21H31NO. The van der Waals surface area contributed by atoms with E-state index in [4.69, 9.17) is 0 Å². The van der Waals surface area contributed by atoms with Crippen molar-refractivity contribution < 1.29 is 4.79 Å². The van der Waals surface area contributed by atoms with Crippen LogP contribution in [0.15, 0.2) is 36.4 Å². The first-order valence-corrected chi connectivity index (χ1v) is 8.91. The molecule has 1 aromatic rings. The molecule has 1 fully saturated rings. The molecule has 2 heteroatoms. The summed E-state index contributed by atoms with van der Waals surface area (Å²) in [5.41, 5.74) is 3.89. The van der Waals surface area contributed by atoms with E-state index in [-0.39, 0.29) is 5.91 Å². The van der Waals surface area contributed by atoms with Gasteiger partial charge in [-0.2, -0.15) is 0 Å². The second-order valence-corrected chi connectivity index (χ2v) is 8.01. The second kappa shape index (κ2) is 7.81. The Labute approximate surface area is 141 Å². The Morgan fingerprint density at radius 3 is 2.65 bits per heavy atom. The van der Waals surface area contributed by atoms with Crippen molar-refractivity contribution >= 4 is 11.6 Å². The molecule has 126 valence electrons. The number of carbonyl (C=O) groups is 1. The van der Waals surface area contributed by atoms with Crippen LogP contribution in [0.4, 0.5) is 5.69 Å². The van der Waals surface area contributed by atoms with Crippen molar-refractivity contribution in [3.8, 4) is 0 Å². The SMILES string of the molecule is C=C1CCN(c2cccc(CCCCCC(C)(C)C)c2)C(=O)C1. The first kappa shape index (κ1) is 17.8. The van der Waals surface area contributed by atoms with Crippen LogP contribution in [0, 0.1) is 5.41 Å². The van der Waals surface area contributed by atoms with Crippen LogP contribution in [0.3, 0.4) is 0 Å². The highest BCUT2D eigenvalue weighted by Gasteiger charge is 2.21. The van der Waals surface area contributed by atoms with Gasteiger partial charge in [-0.25, -0.2) is 0 Å². The van der Waals surface area contributed by atoms with E-state index in [1.165, 1.54) is 31.2 Å². The normalized spacial score (nSPS) is 16.0. The highest BCUT2D eigenvalue weighted by Crippen LogP contribution is 2.25. The summed E-state index contributed by atoms with van der Waals surface area (Å²) in [5, 5.41) is 0. The minimum atomic E-state index is 0.184. The number of amides is 1. The molecule has 2 nitrogen and oxygen atoms in total. The highest BCUT2D eigenvalue weighted by molar-refractivity contribution is 5.95. The summed E-state index contributed by atoms with van der Waals surface area (Å²) >= 11 is 0. The highest BCUT2D eigenvalue weighted by atomic mass is 16.2. The number of nitrogens with zero attached hydrogens (tertiary/aromatic N) is 1. The van der Waals surface area contributed by atoms with Gasteiger partial charge in [-0.05, 0) is 48.8 Å². The van der Waals surface area contributed by atoms with E-state index >= 15 is 0 Å². The molecule has 23 heavy (non-hydrogen) atoms. The number of anilines is 1. The van der Waals surface area contributed by atoms with E-state index in [1.807, 2.05) is 4.90 Å². The van der Waals surface area contributed by atoms with Crippen LogP contribution >= 0.6 is 0 Å². The summed E-state index contributed by atoms with van der Waals surface area (Å²) in [6.45, 7) is 11.6. The zero-order valence-electron chi connectivity index (χ0n) is 15.0. The summed E-state index contributed by atoms with van der Waals surface area (Å²) in [4.78, 5) is 14.1. The van der Waals surface area contributed by atoms with Gasteiger partial charge >= 0.3 is 0 Å². The van der Waals surface area contributed by atoms with Crippen LogP contribution in [-0.4, -0.2) is 12.5 Å². The lowest BCUT2D eigenvalue weighted by Gasteiger charge is -2.28. The van der Waals surface area contributed by atoms with Crippen molar-refractivity contribution in [1.82, 2.24) is 0 Å². The number of benzene rings is 1. The molecule has 1 aliphatic rings. The zero-order chi connectivity index (χ0) is 16.9. The van der Waals surface area contributed by atoms with Crippen molar-refractivity contribution in [2.24, 2.45) is 5.41 Å². The molecule has 0 saturated carbocycles. The molecule has 0 radical (unpaired) electrons. The monoisotopic (exact) mass is 313 g/mol. The van der Waals surface area contributed by atoms with Gasteiger partial charge in [0.25, 0.3) is 0 Å². The molecule has 0 aromatic heterocycles. The minimum Gasteiger partial charge on any atom is -0.312 e. The molecular weight excluding hydrogens is 282 g/mol. The summed E-state index contributed by atoms with van der Waals surface area (Å²) in [6.07, 6.45) is 7.62. The van der Waals surface area contributed by atoms with Gasteiger partial charge in [0.15, 0.2) is 0 Å². The number of unbranched alkanes of at least 4 members (excludes halogenated alkanes) is 2. The largest absolute Gasteiger partial charge is 0.312 e. The van der Waals surface area contributed by atoms with Crippen LogP contribution in [0.25, 0.3) is 0 Å². The van der Waals surface area contributed by atoms with Crippen LogP contribution in [0.5, 0.6) is 0 Å². The van der Waals surface area contributed by atoms with E-state index in [0.717, 1.165) is 30.6 Å². The zero-order valence-corrected chi connectivity index (χ0v) is 15.0. The average molecular weight is 313 g/mol. The van der Waals surface area contributed by atoms with Gasteiger partial charge in [0.05, 0.1) is 0 Å². The first-order chi connectivity index (χ1) is 10.8. The molecule has 0 unspecified atom stereocenters. The third kappa shape index (κ3) is 5.85. The molecule has 1 aliphatic heterocycles. The van der Waals surface area contributed by atoms with Crippen LogP contribution < -0.4 is 4.90 Å². The van der Waals surface area contributed by atoms with Crippen LogP contribution in [0.1, 0.15) is 64.9 Å². The third-order valence-electron chi connectivity index (χ3n) is 4.51. The average Bonchev–Trinajstić information content (AvgIpc) is 2.46. The number of hydrogen-bond donors (Lipinski definition) is 0. The Bertz CT molecular complexity index is 553. The summed E-state index contributed by atoms with van der Waals surface area (Å²) in [6, 6.07) is 8.50. The van der Waals surface area contributed by atoms with Gasteiger partial charge in [0, 0.05) is 18.7 Å². The molecule has 2 rings (SSSR count). The Hall–Kier alpha value is -1.57. The molecule has 1 saturated heterocycles. The predicted molar refractivity (Wildman–Crippen MR) is 98.8 cm³/mol. The van der Waals surface area contributed by atoms with E-state index < -0.39 is 0 Å². The molecule has 0 aliphatic carbocycles. The number of piperidine rings is 1. The first-order valence-electron chi connectivity index (χ1n) is 8.91. The lowest BCUT2D eigenvalue weighted by Crippen LogP contribution is -2.36.